The number of benzene rings is 3. The normalized spacial score (nSPS) is 11.2. The van der Waals surface area contributed by atoms with Gasteiger partial charge in [0, 0.05) is 5.56 Å². The molecule has 0 saturated heterocycles. The Hall–Kier alpha value is -3.07. The van der Waals surface area contributed by atoms with E-state index in [4.69, 9.17) is 0 Å². The van der Waals surface area contributed by atoms with Gasteiger partial charge in [-0.05, 0) is 59.2 Å². The first-order valence-corrected chi connectivity index (χ1v) is 8.54. The highest BCUT2D eigenvalue weighted by Crippen LogP contribution is 2.27. The van der Waals surface area contributed by atoms with Gasteiger partial charge in [-0.15, -0.1) is 13.2 Å². The maximum Gasteiger partial charge on any atom is 0.573 e. The van der Waals surface area contributed by atoms with Gasteiger partial charge in [-0.3, -0.25) is 0 Å². The van der Waals surface area contributed by atoms with Crippen molar-refractivity contribution in [3.8, 4) is 17.6 Å². The lowest BCUT2D eigenvalue weighted by Gasteiger charge is -2.09. The van der Waals surface area contributed by atoms with Gasteiger partial charge in [-0.25, -0.2) is 8.78 Å². The van der Waals surface area contributed by atoms with Crippen molar-refractivity contribution in [1.82, 2.24) is 0 Å². The topological polar surface area (TPSA) is 9.23 Å². The molecule has 144 valence electrons. The summed E-state index contributed by atoms with van der Waals surface area (Å²) < 4.78 is 69.0. The summed E-state index contributed by atoms with van der Waals surface area (Å²) >= 11 is 0. The van der Waals surface area contributed by atoms with Crippen LogP contribution in [0.15, 0.2) is 48.5 Å². The zero-order chi connectivity index (χ0) is 20.3. The van der Waals surface area contributed by atoms with Crippen molar-refractivity contribution in [2.45, 2.75) is 26.1 Å². The van der Waals surface area contributed by atoms with Gasteiger partial charge in [0.05, 0.1) is 5.56 Å². The lowest BCUT2D eigenvalue weighted by atomic mass is 10.0. The molecule has 0 saturated carbocycles. The molecule has 3 aromatic rings. The second-order valence-electron chi connectivity index (χ2n) is 6.21. The van der Waals surface area contributed by atoms with Crippen molar-refractivity contribution in [2.24, 2.45) is 0 Å². The van der Waals surface area contributed by atoms with E-state index in [-0.39, 0.29) is 11.3 Å². The molecule has 0 aliphatic rings. The Labute approximate surface area is 158 Å². The number of hydrogen-bond donors (Lipinski definition) is 0. The van der Waals surface area contributed by atoms with E-state index < -0.39 is 18.0 Å². The first-order chi connectivity index (χ1) is 13.2. The van der Waals surface area contributed by atoms with E-state index >= 15 is 0 Å². The van der Waals surface area contributed by atoms with Crippen LogP contribution in [0.1, 0.15) is 30.0 Å². The molecule has 0 atom stereocenters. The van der Waals surface area contributed by atoms with Gasteiger partial charge in [-0.2, -0.15) is 0 Å². The van der Waals surface area contributed by atoms with Gasteiger partial charge in [0.15, 0.2) is 0 Å². The van der Waals surface area contributed by atoms with E-state index in [0.717, 1.165) is 6.42 Å². The molecule has 0 unspecified atom stereocenters. The minimum Gasteiger partial charge on any atom is -0.406 e. The average molecular weight is 390 g/mol. The fraction of sp³-hybridized carbons (Fsp3) is 0.182. The summed E-state index contributed by atoms with van der Waals surface area (Å²) in [6.07, 6.45) is -3.41. The summed E-state index contributed by atoms with van der Waals surface area (Å²) in [6, 6.07) is 11.2. The Morgan fingerprint density at radius 3 is 2.14 bits per heavy atom. The van der Waals surface area contributed by atoms with Crippen molar-refractivity contribution in [2.75, 3.05) is 0 Å². The first kappa shape index (κ1) is 19.7. The van der Waals surface area contributed by atoms with Crippen molar-refractivity contribution in [1.29, 1.82) is 0 Å². The molecule has 0 amide bonds. The van der Waals surface area contributed by atoms with Crippen molar-refractivity contribution < 1.29 is 26.7 Å². The molecular weight excluding hydrogens is 375 g/mol. The lowest BCUT2D eigenvalue weighted by Crippen LogP contribution is -2.16. The number of halogens is 5. The van der Waals surface area contributed by atoms with E-state index in [1.165, 1.54) is 30.3 Å². The Morgan fingerprint density at radius 2 is 1.50 bits per heavy atom. The minimum absolute atomic E-state index is 0.311. The van der Waals surface area contributed by atoms with Crippen LogP contribution in [0, 0.1) is 23.5 Å². The standard InChI is InChI=1S/C22H15F5O/c1-2-3-15-11-20(23)19(21(24)12-15)9-5-14-4-6-17-13-18(28-22(25,26)27)8-7-16(17)10-14/h4,6-8,10-13H,2-3H2,1H3. The molecule has 28 heavy (non-hydrogen) atoms. The maximum atomic E-state index is 14.1. The zero-order valence-electron chi connectivity index (χ0n) is 14.8. The maximum absolute atomic E-state index is 14.1. The third-order valence-electron chi connectivity index (χ3n) is 4.02. The lowest BCUT2D eigenvalue weighted by molar-refractivity contribution is -0.274. The molecule has 1 nitrogen and oxygen atoms in total. The molecule has 0 spiro atoms. The molecule has 0 aromatic heterocycles. The molecule has 0 bridgehead atoms. The van der Waals surface area contributed by atoms with Gasteiger partial charge in [0.25, 0.3) is 0 Å². The Morgan fingerprint density at radius 1 is 0.857 bits per heavy atom. The molecular formula is C22H15F5O. The Kier molecular flexibility index (Phi) is 5.55. The molecule has 3 rings (SSSR count). The van der Waals surface area contributed by atoms with Gasteiger partial charge in [0.1, 0.15) is 17.4 Å². The summed E-state index contributed by atoms with van der Waals surface area (Å²) in [5, 5.41) is 1.15. The van der Waals surface area contributed by atoms with Gasteiger partial charge >= 0.3 is 6.36 Å². The highest BCUT2D eigenvalue weighted by Gasteiger charge is 2.31. The number of alkyl halides is 3. The SMILES string of the molecule is CCCc1cc(F)c(C#Cc2ccc3cc(OC(F)(F)F)ccc3c2)c(F)c1. The van der Waals surface area contributed by atoms with Gasteiger partial charge in [0.2, 0.25) is 0 Å². The fourth-order valence-corrected chi connectivity index (χ4v) is 2.81. The smallest absolute Gasteiger partial charge is 0.406 e. The number of fused-ring (bicyclic) bond motifs is 1. The van der Waals surface area contributed by atoms with Crippen LogP contribution in [0.4, 0.5) is 22.0 Å². The zero-order valence-corrected chi connectivity index (χ0v) is 14.8. The van der Waals surface area contributed by atoms with Crippen LogP contribution in [0.25, 0.3) is 10.8 Å². The molecule has 6 heteroatoms. The first-order valence-electron chi connectivity index (χ1n) is 8.54. The monoisotopic (exact) mass is 390 g/mol. The van der Waals surface area contributed by atoms with E-state index in [0.29, 0.717) is 28.3 Å². The van der Waals surface area contributed by atoms with Crippen molar-refractivity contribution in [3.63, 3.8) is 0 Å². The second-order valence-corrected chi connectivity index (χ2v) is 6.21. The summed E-state index contributed by atoms with van der Waals surface area (Å²) in [6.45, 7) is 1.92. The number of rotatable bonds is 3. The molecule has 0 fully saturated rings. The predicted molar refractivity (Wildman–Crippen MR) is 97.0 cm³/mol. The quantitative estimate of drug-likeness (QED) is 0.373. The van der Waals surface area contributed by atoms with Crippen LogP contribution < -0.4 is 4.74 Å². The summed E-state index contributed by atoms with van der Waals surface area (Å²) in [7, 11) is 0. The van der Waals surface area contributed by atoms with E-state index in [1.54, 1.807) is 18.2 Å². The van der Waals surface area contributed by atoms with Crippen LogP contribution in [0.3, 0.4) is 0 Å². The number of aryl methyl sites for hydroxylation is 1. The summed E-state index contributed by atoms with van der Waals surface area (Å²) in [4.78, 5) is 0. The predicted octanol–water partition coefficient (Wildman–Crippen LogP) is 6.37. The Balaban J connectivity index is 1.89. The van der Waals surface area contributed by atoms with Crippen LogP contribution >= 0.6 is 0 Å². The average Bonchev–Trinajstić information content (AvgIpc) is 2.60. The van der Waals surface area contributed by atoms with Crippen LogP contribution in [0.5, 0.6) is 5.75 Å². The third-order valence-corrected chi connectivity index (χ3v) is 4.02. The van der Waals surface area contributed by atoms with E-state index in [9.17, 15) is 22.0 Å². The highest BCUT2D eigenvalue weighted by molar-refractivity contribution is 5.85. The van der Waals surface area contributed by atoms with Crippen molar-refractivity contribution in [3.05, 3.63) is 76.9 Å². The fourth-order valence-electron chi connectivity index (χ4n) is 2.81. The third kappa shape index (κ3) is 4.80. The van der Waals surface area contributed by atoms with E-state index in [1.807, 2.05) is 6.92 Å². The van der Waals surface area contributed by atoms with Crippen molar-refractivity contribution >= 4 is 10.8 Å². The van der Waals surface area contributed by atoms with Crippen LogP contribution in [0.2, 0.25) is 0 Å². The summed E-state index contributed by atoms with van der Waals surface area (Å²) in [5.74, 6) is 3.44. The highest BCUT2D eigenvalue weighted by atomic mass is 19.4. The van der Waals surface area contributed by atoms with Gasteiger partial charge < -0.3 is 4.74 Å². The molecule has 0 aliphatic heterocycles. The number of hydrogen-bond acceptors (Lipinski definition) is 1. The summed E-state index contributed by atoms with van der Waals surface area (Å²) in [5.41, 5.74) is 0.743. The van der Waals surface area contributed by atoms with Crippen LogP contribution in [-0.4, -0.2) is 6.36 Å². The molecule has 0 N–H and O–H groups in total. The Bertz CT molecular complexity index is 1050. The van der Waals surface area contributed by atoms with Gasteiger partial charge in [-0.1, -0.05) is 37.3 Å². The molecule has 0 radical (unpaired) electrons. The largest absolute Gasteiger partial charge is 0.573 e. The molecule has 0 aliphatic carbocycles. The van der Waals surface area contributed by atoms with Crippen LogP contribution in [-0.2, 0) is 6.42 Å². The van der Waals surface area contributed by atoms with E-state index in [2.05, 4.69) is 16.6 Å². The number of ether oxygens (including phenoxy) is 1. The minimum atomic E-state index is -4.76. The molecule has 0 heterocycles. The molecule has 3 aromatic carbocycles. The second kappa shape index (κ2) is 7.89.